The molecule has 1 unspecified atom stereocenters. The maximum atomic E-state index is 12.7. The first-order chi connectivity index (χ1) is 10.9. The van der Waals surface area contributed by atoms with E-state index in [-0.39, 0.29) is 11.9 Å². The lowest BCUT2D eigenvalue weighted by molar-refractivity contribution is -0.537. The predicted molar refractivity (Wildman–Crippen MR) is 86.5 cm³/mol. The minimum atomic E-state index is -0.552. The van der Waals surface area contributed by atoms with E-state index in [2.05, 4.69) is 21.5 Å². The first-order valence-corrected chi connectivity index (χ1v) is 7.79. The Balaban J connectivity index is 2.06. The Morgan fingerprint density at radius 2 is 1.96 bits per heavy atom. The Morgan fingerprint density at radius 1 is 1.30 bits per heavy atom. The lowest BCUT2D eigenvalue weighted by atomic mass is 10.1. The quantitative estimate of drug-likeness (QED) is 0.531. The molecule has 0 saturated carbocycles. The number of carbonyl (C=O) groups excluding carboxylic acids is 2. The van der Waals surface area contributed by atoms with Gasteiger partial charge in [-0.3, -0.25) is 19.2 Å². The van der Waals surface area contributed by atoms with Gasteiger partial charge in [-0.1, -0.05) is 11.6 Å². The summed E-state index contributed by atoms with van der Waals surface area (Å²) >= 11 is 0. The van der Waals surface area contributed by atoms with Gasteiger partial charge in [-0.05, 0) is 12.5 Å². The first-order valence-electron chi connectivity index (χ1n) is 7.79. The van der Waals surface area contributed by atoms with Crippen molar-refractivity contribution in [2.75, 3.05) is 46.8 Å². The van der Waals surface area contributed by atoms with E-state index in [0.29, 0.717) is 12.4 Å². The minimum absolute atomic E-state index is 0.238. The second-order valence-electron chi connectivity index (χ2n) is 6.23. The van der Waals surface area contributed by atoms with E-state index in [4.69, 9.17) is 0 Å². The van der Waals surface area contributed by atoms with Crippen molar-refractivity contribution in [2.45, 2.75) is 13.0 Å². The van der Waals surface area contributed by atoms with E-state index in [1.54, 1.807) is 7.05 Å². The maximum Gasteiger partial charge on any atom is 0.392 e. The molecule has 8 heteroatoms. The van der Waals surface area contributed by atoms with E-state index in [1.807, 2.05) is 11.8 Å². The standard InChI is InChI=1S/C15H23N6O2/c1-10(2)9-21-11-12(18(3)15(23)19(4)13(11)22)17-14(21)20-7-5-16-6-8-20/h11,16H,1,5-9H2,2-4H3/q+1. The average molecular weight is 319 g/mol. The molecule has 3 amide bonds. The first kappa shape index (κ1) is 15.7. The molecule has 3 aliphatic rings. The van der Waals surface area contributed by atoms with Gasteiger partial charge in [-0.2, -0.15) is 0 Å². The third-order valence-corrected chi connectivity index (χ3v) is 4.35. The Kier molecular flexibility index (Phi) is 3.93. The average Bonchev–Trinajstić information content (AvgIpc) is 2.90. The van der Waals surface area contributed by atoms with Gasteiger partial charge in [0.1, 0.15) is 0 Å². The fourth-order valence-corrected chi connectivity index (χ4v) is 3.16. The summed E-state index contributed by atoms with van der Waals surface area (Å²) in [4.78, 5) is 34.1. The van der Waals surface area contributed by atoms with Gasteiger partial charge in [0.15, 0.2) is 0 Å². The van der Waals surface area contributed by atoms with Crippen LogP contribution in [0.15, 0.2) is 17.1 Å². The Hall–Kier alpha value is -2.22. The number of amides is 3. The molecule has 3 heterocycles. The number of fused-ring (bicyclic) bond motifs is 1. The molecule has 0 spiro atoms. The van der Waals surface area contributed by atoms with Crippen LogP contribution in [0.2, 0.25) is 0 Å². The number of hydrogen-bond acceptors (Lipinski definition) is 3. The smallest absolute Gasteiger partial charge is 0.310 e. The van der Waals surface area contributed by atoms with Crippen LogP contribution in [-0.4, -0.2) is 95.9 Å². The molecule has 124 valence electrons. The van der Waals surface area contributed by atoms with Crippen molar-refractivity contribution in [2.24, 2.45) is 4.99 Å². The summed E-state index contributed by atoms with van der Waals surface area (Å²) in [6, 6.07) is -0.897. The summed E-state index contributed by atoms with van der Waals surface area (Å²) in [5.74, 6) is 1.03. The molecular formula is C15H23N6O2+. The van der Waals surface area contributed by atoms with Gasteiger partial charge in [-0.15, -0.1) is 0 Å². The maximum absolute atomic E-state index is 12.7. The van der Waals surface area contributed by atoms with Crippen LogP contribution in [0.5, 0.6) is 0 Å². The van der Waals surface area contributed by atoms with Gasteiger partial charge >= 0.3 is 12.0 Å². The molecule has 1 atom stereocenters. The number of urea groups is 1. The SMILES string of the molecule is C=C(C)CN1C(=[N+]2CCNCC2)N=C2C1C(=O)N(C)C(=O)N2C. The molecule has 0 radical (unpaired) electrons. The van der Waals surface area contributed by atoms with Crippen molar-refractivity contribution in [1.82, 2.24) is 20.0 Å². The summed E-state index contributed by atoms with van der Waals surface area (Å²) in [7, 11) is 3.18. The summed E-state index contributed by atoms with van der Waals surface area (Å²) in [6.45, 7) is 9.85. The van der Waals surface area contributed by atoms with Crippen LogP contribution in [0.4, 0.5) is 4.79 Å². The Bertz CT molecular complexity index is 630. The summed E-state index contributed by atoms with van der Waals surface area (Å²) in [5.41, 5.74) is 0.948. The van der Waals surface area contributed by atoms with Crippen LogP contribution >= 0.6 is 0 Å². The zero-order valence-corrected chi connectivity index (χ0v) is 13.9. The van der Waals surface area contributed by atoms with E-state index < -0.39 is 6.04 Å². The van der Waals surface area contributed by atoms with Gasteiger partial charge in [0, 0.05) is 27.2 Å². The van der Waals surface area contributed by atoms with E-state index in [9.17, 15) is 9.59 Å². The fraction of sp³-hybridized carbons (Fsp3) is 0.600. The second-order valence-corrected chi connectivity index (χ2v) is 6.23. The number of rotatable bonds is 2. The number of nitrogens with zero attached hydrogens (tertiary/aromatic N) is 5. The van der Waals surface area contributed by atoms with Crippen LogP contribution in [0.3, 0.4) is 0 Å². The lowest BCUT2D eigenvalue weighted by Gasteiger charge is -2.33. The molecule has 0 aromatic carbocycles. The molecule has 3 rings (SSSR count). The highest BCUT2D eigenvalue weighted by molar-refractivity contribution is 6.25. The monoisotopic (exact) mass is 319 g/mol. The number of guanidine groups is 1. The van der Waals surface area contributed by atoms with Gasteiger partial charge in [0.25, 0.3) is 5.91 Å². The predicted octanol–water partition coefficient (Wildman–Crippen LogP) is -0.859. The van der Waals surface area contributed by atoms with E-state index in [1.165, 1.54) is 11.9 Å². The van der Waals surface area contributed by atoms with Gasteiger partial charge in [0.2, 0.25) is 11.9 Å². The number of likely N-dealkylation sites (N-methyl/N-ethyl adjacent to an activating group) is 2. The van der Waals surface area contributed by atoms with Crippen LogP contribution in [-0.2, 0) is 4.79 Å². The zero-order chi connectivity index (χ0) is 16.7. The third-order valence-electron chi connectivity index (χ3n) is 4.35. The molecule has 2 saturated heterocycles. The van der Waals surface area contributed by atoms with Crippen molar-refractivity contribution < 1.29 is 14.2 Å². The highest BCUT2D eigenvalue weighted by atomic mass is 16.2. The van der Waals surface area contributed by atoms with Gasteiger partial charge < -0.3 is 5.32 Å². The molecule has 0 bridgehead atoms. The minimum Gasteiger partial charge on any atom is -0.310 e. The van der Waals surface area contributed by atoms with Crippen molar-refractivity contribution in [1.29, 1.82) is 0 Å². The van der Waals surface area contributed by atoms with Crippen LogP contribution in [0.25, 0.3) is 0 Å². The third kappa shape index (κ3) is 2.52. The Labute approximate surface area is 135 Å². The molecule has 0 aromatic heterocycles. The number of carbonyl (C=O) groups is 2. The van der Waals surface area contributed by atoms with Crippen LogP contribution in [0.1, 0.15) is 6.92 Å². The number of hydrogen-bond donors (Lipinski definition) is 1. The number of imide groups is 1. The molecule has 0 aliphatic carbocycles. The number of amidine groups is 1. The van der Waals surface area contributed by atoms with Crippen molar-refractivity contribution >= 4 is 23.7 Å². The van der Waals surface area contributed by atoms with Gasteiger partial charge in [-0.25, -0.2) is 9.69 Å². The van der Waals surface area contributed by atoms with Gasteiger partial charge in [0.05, 0.1) is 19.6 Å². The number of nitrogens with one attached hydrogen (secondary N) is 1. The summed E-state index contributed by atoms with van der Waals surface area (Å²) in [6.07, 6.45) is 0. The number of aliphatic imine (C=N–C) groups is 1. The molecular weight excluding hydrogens is 296 g/mol. The lowest BCUT2D eigenvalue weighted by Crippen LogP contribution is -2.63. The molecule has 23 heavy (non-hydrogen) atoms. The second kappa shape index (κ2) is 5.77. The largest absolute Gasteiger partial charge is 0.392 e. The van der Waals surface area contributed by atoms with E-state index >= 15 is 0 Å². The van der Waals surface area contributed by atoms with Crippen LogP contribution in [0, 0.1) is 0 Å². The topological polar surface area (TPSA) is 71.3 Å². The molecule has 3 aliphatic heterocycles. The zero-order valence-electron chi connectivity index (χ0n) is 13.9. The molecule has 1 N–H and O–H groups in total. The Morgan fingerprint density at radius 3 is 2.57 bits per heavy atom. The normalized spacial score (nSPS) is 25.1. The van der Waals surface area contributed by atoms with Crippen molar-refractivity contribution in [3.8, 4) is 0 Å². The van der Waals surface area contributed by atoms with Crippen molar-refractivity contribution in [3.63, 3.8) is 0 Å². The molecule has 2 fully saturated rings. The molecule has 8 nitrogen and oxygen atoms in total. The fourth-order valence-electron chi connectivity index (χ4n) is 3.16. The summed E-state index contributed by atoms with van der Waals surface area (Å²) < 4.78 is 2.16. The number of piperazine rings is 1. The highest BCUT2D eigenvalue weighted by Gasteiger charge is 2.55. The van der Waals surface area contributed by atoms with Crippen LogP contribution < -0.4 is 5.32 Å². The van der Waals surface area contributed by atoms with E-state index in [0.717, 1.165) is 42.6 Å². The highest BCUT2D eigenvalue weighted by Crippen LogP contribution is 2.23. The summed E-state index contributed by atoms with van der Waals surface area (Å²) in [5, 5.41) is 3.31. The molecule has 0 aromatic rings. The van der Waals surface area contributed by atoms with Crippen molar-refractivity contribution in [3.05, 3.63) is 12.2 Å².